The Morgan fingerprint density at radius 2 is 1.72 bits per heavy atom. The van der Waals surface area contributed by atoms with Crippen LogP contribution in [0, 0.1) is 0 Å². The Morgan fingerprint density at radius 3 is 2.44 bits per heavy atom. The quantitative estimate of drug-likeness (QED) is 0.758. The van der Waals surface area contributed by atoms with Gasteiger partial charge >= 0.3 is 0 Å². The number of morpholine rings is 1. The van der Waals surface area contributed by atoms with Crippen LogP contribution in [-0.2, 0) is 27.4 Å². The summed E-state index contributed by atoms with van der Waals surface area (Å²) in [7, 11) is 0. The highest BCUT2D eigenvalue weighted by molar-refractivity contribution is 6.17. The summed E-state index contributed by atoms with van der Waals surface area (Å²) in [5.41, 5.74) is 3.02. The van der Waals surface area contributed by atoms with Crippen molar-refractivity contribution in [2.75, 3.05) is 18.1 Å². The smallest absolute Gasteiger partial charge is 0.259 e. The second-order valence-corrected chi connectivity index (χ2v) is 4.17. The number of rotatable bonds is 1. The Hall–Kier alpha value is -1.43. The molecule has 1 fully saturated rings. The van der Waals surface area contributed by atoms with E-state index in [1.54, 1.807) is 0 Å². The van der Waals surface area contributed by atoms with Gasteiger partial charge in [-0.1, -0.05) is 6.07 Å². The first-order valence-corrected chi connectivity index (χ1v) is 5.52. The van der Waals surface area contributed by atoms with Crippen LogP contribution in [0.5, 0.6) is 0 Å². The molecule has 1 saturated heterocycles. The third-order valence-electron chi connectivity index (χ3n) is 3.03. The summed E-state index contributed by atoms with van der Waals surface area (Å²) in [4.78, 5) is 24.6. The average molecular weight is 269 g/mol. The number of carbonyl (C=O) groups is 2. The van der Waals surface area contributed by atoms with E-state index < -0.39 is 0 Å². The maximum Gasteiger partial charge on any atom is 0.259 e. The fourth-order valence-corrected chi connectivity index (χ4v) is 2.20. The van der Waals surface area contributed by atoms with Crippen LogP contribution in [0.15, 0.2) is 18.2 Å². The zero-order chi connectivity index (χ0) is 11.8. The molecular formula is C12H13ClN2O3. The Morgan fingerprint density at radius 1 is 1.06 bits per heavy atom. The minimum Gasteiger partial charge on any atom is -0.362 e. The van der Waals surface area contributed by atoms with Gasteiger partial charge in [-0.3, -0.25) is 9.59 Å². The monoisotopic (exact) mass is 268 g/mol. The van der Waals surface area contributed by atoms with Gasteiger partial charge < -0.3 is 10.1 Å². The van der Waals surface area contributed by atoms with Crippen LogP contribution in [0.25, 0.3) is 0 Å². The van der Waals surface area contributed by atoms with Crippen LogP contribution in [0.3, 0.4) is 0 Å². The highest BCUT2D eigenvalue weighted by Crippen LogP contribution is 2.24. The number of anilines is 1. The van der Waals surface area contributed by atoms with Crippen molar-refractivity contribution in [2.24, 2.45) is 0 Å². The molecular weight excluding hydrogens is 256 g/mol. The van der Waals surface area contributed by atoms with Crippen LogP contribution in [0.4, 0.5) is 5.69 Å². The highest BCUT2D eigenvalue weighted by Gasteiger charge is 2.28. The molecule has 0 bridgehead atoms. The van der Waals surface area contributed by atoms with Crippen molar-refractivity contribution in [3.05, 3.63) is 29.3 Å². The first-order valence-electron chi connectivity index (χ1n) is 5.52. The van der Waals surface area contributed by atoms with Gasteiger partial charge in [0, 0.05) is 13.1 Å². The number of nitrogens with one attached hydrogen (secondary N) is 1. The molecule has 5 nitrogen and oxygen atoms in total. The highest BCUT2D eigenvalue weighted by atomic mass is 35.5. The zero-order valence-corrected chi connectivity index (χ0v) is 10.5. The van der Waals surface area contributed by atoms with E-state index in [1.807, 2.05) is 18.2 Å². The summed E-state index contributed by atoms with van der Waals surface area (Å²) < 4.78 is 4.89. The van der Waals surface area contributed by atoms with E-state index in [2.05, 4.69) is 5.32 Å². The fourth-order valence-electron chi connectivity index (χ4n) is 2.20. The molecule has 2 heterocycles. The molecule has 1 aromatic carbocycles. The molecule has 6 heteroatoms. The SMILES string of the molecule is Cl.O=C1COCC(=O)N1c1ccc2c(c1)CNC2. The lowest BCUT2D eigenvalue weighted by Crippen LogP contribution is -2.46. The minimum absolute atomic E-state index is 0. The van der Waals surface area contributed by atoms with E-state index in [9.17, 15) is 9.59 Å². The molecule has 0 aromatic heterocycles. The molecule has 1 N–H and O–H groups in total. The average Bonchev–Trinajstić information content (AvgIpc) is 2.76. The van der Waals surface area contributed by atoms with Gasteiger partial charge in [-0.05, 0) is 23.3 Å². The van der Waals surface area contributed by atoms with Crippen molar-refractivity contribution in [3.63, 3.8) is 0 Å². The molecule has 2 amide bonds. The number of imide groups is 1. The van der Waals surface area contributed by atoms with Crippen molar-refractivity contribution >= 4 is 29.9 Å². The van der Waals surface area contributed by atoms with Crippen molar-refractivity contribution in [3.8, 4) is 0 Å². The van der Waals surface area contributed by atoms with Gasteiger partial charge in [-0.2, -0.15) is 0 Å². The van der Waals surface area contributed by atoms with E-state index in [4.69, 9.17) is 4.74 Å². The van der Waals surface area contributed by atoms with Crippen molar-refractivity contribution in [2.45, 2.75) is 13.1 Å². The molecule has 0 spiro atoms. The predicted molar refractivity (Wildman–Crippen MR) is 67.5 cm³/mol. The third kappa shape index (κ3) is 2.12. The number of carbonyl (C=O) groups excluding carboxylic acids is 2. The van der Waals surface area contributed by atoms with Gasteiger partial charge in [-0.15, -0.1) is 12.4 Å². The maximum atomic E-state index is 11.7. The molecule has 0 atom stereocenters. The minimum atomic E-state index is -0.299. The molecule has 2 aliphatic heterocycles. The summed E-state index contributed by atoms with van der Waals surface area (Å²) in [6.45, 7) is 1.58. The summed E-state index contributed by atoms with van der Waals surface area (Å²) in [6, 6.07) is 5.67. The van der Waals surface area contributed by atoms with Crippen LogP contribution in [-0.4, -0.2) is 25.0 Å². The van der Waals surface area contributed by atoms with Crippen LogP contribution in [0.1, 0.15) is 11.1 Å². The Balaban J connectivity index is 0.00000120. The Labute approximate surface area is 111 Å². The van der Waals surface area contributed by atoms with E-state index >= 15 is 0 Å². The van der Waals surface area contributed by atoms with E-state index in [0.717, 1.165) is 18.7 Å². The first-order chi connectivity index (χ1) is 8.25. The molecule has 0 aliphatic carbocycles. The summed E-state index contributed by atoms with van der Waals surface area (Å²) in [5.74, 6) is -0.598. The summed E-state index contributed by atoms with van der Waals surface area (Å²) in [5, 5.41) is 3.23. The second-order valence-electron chi connectivity index (χ2n) is 4.17. The number of halogens is 1. The number of amides is 2. The van der Waals surface area contributed by atoms with E-state index in [1.165, 1.54) is 10.5 Å². The van der Waals surface area contributed by atoms with Crippen LogP contribution < -0.4 is 10.2 Å². The van der Waals surface area contributed by atoms with Crippen LogP contribution in [0.2, 0.25) is 0 Å². The second kappa shape index (κ2) is 5.06. The number of hydrogen-bond acceptors (Lipinski definition) is 4. The Kier molecular flexibility index (Phi) is 3.65. The number of fused-ring (bicyclic) bond motifs is 1. The Bertz CT molecular complexity index is 488. The molecule has 18 heavy (non-hydrogen) atoms. The lowest BCUT2D eigenvalue weighted by atomic mass is 10.1. The van der Waals surface area contributed by atoms with Crippen molar-refractivity contribution in [1.29, 1.82) is 0 Å². The lowest BCUT2D eigenvalue weighted by Gasteiger charge is -2.25. The summed E-state index contributed by atoms with van der Waals surface area (Å²) >= 11 is 0. The molecule has 96 valence electrons. The standard InChI is InChI=1S/C12H12N2O3.ClH/c15-11-6-17-7-12(16)14(11)10-2-1-8-4-13-5-9(8)3-10;/h1-3,13H,4-7H2;1H. The number of ether oxygens (including phenoxy) is 1. The molecule has 1 aromatic rings. The number of nitrogens with zero attached hydrogens (tertiary/aromatic N) is 1. The first kappa shape index (κ1) is 13.0. The van der Waals surface area contributed by atoms with Gasteiger partial charge in [-0.25, -0.2) is 4.90 Å². The maximum absolute atomic E-state index is 11.7. The van der Waals surface area contributed by atoms with Crippen molar-refractivity contribution in [1.82, 2.24) is 5.32 Å². The zero-order valence-electron chi connectivity index (χ0n) is 9.64. The molecule has 2 aliphatic rings. The number of benzene rings is 1. The molecule has 0 radical (unpaired) electrons. The third-order valence-corrected chi connectivity index (χ3v) is 3.03. The largest absolute Gasteiger partial charge is 0.362 e. The summed E-state index contributed by atoms with van der Waals surface area (Å²) in [6.07, 6.45) is 0. The van der Waals surface area contributed by atoms with Gasteiger partial charge in [0.1, 0.15) is 13.2 Å². The predicted octanol–water partition coefficient (Wildman–Crippen LogP) is 0.601. The molecule has 3 rings (SSSR count). The lowest BCUT2D eigenvalue weighted by molar-refractivity contribution is -0.138. The van der Waals surface area contributed by atoms with Gasteiger partial charge in [0.2, 0.25) is 0 Å². The molecule has 0 saturated carbocycles. The number of hydrogen-bond donors (Lipinski definition) is 1. The van der Waals surface area contributed by atoms with E-state index in [0.29, 0.717) is 5.69 Å². The van der Waals surface area contributed by atoms with E-state index in [-0.39, 0.29) is 37.4 Å². The van der Waals surface area contributed by atoms with Gasteiger partial charge in [0.15, 0.2) is 0 Å². The van der Waals surface area contributed by atoms with Gasteiger partial charge in [0.25, 0.3) is 11.8 Å². The van der Waals surface area contributed by atoms with Crippen molar-refractivity contribution < 1.29 is 14.3 Å². The topological polar surface area (TPSA) is 58.6 Å². The van der Waals surface area contributed by atoms with Gasteiger partial charge in [0.05, 0.1) is 5.69 Å². The normalized spacial score (nSPS) is 18.6. The van der Waals surface area contributed by atoms with Crippen LogP contribution >= 0.6 is 12.4 Å². The molecule has 0 unspecified atom stereocenters. The fraction of sp³-hybridized carbons (Fsp3) is 0.333.